The van der Waals surface area contributed by atoms with Gasteiger partial charge in [-0.25, -0.2) is 9.97 Å². The number of methoxy groups -OCH3 is 1. The van der Waals surface area contributed by atoms with Crippen LogP contribution in [0.15, 0.2) is 59.1 Å². The van der Waals surface area contributed by atoms with E-state index in [2.05, 4.69) is 36.5 Å². The van der Waals surface area contributed by atoms with Crippen molar-refractivity contribution in [2.45, 2.75) is 13.5 Å². The number of aryl methyl sites for hydroxylation is 1. The molecule has 128 valence electrons. The third kappa shape index (κ3) is 4.48. The number of hydrogen-bond donors (Lipinski definition) is 2. The van der Waals surface area contributed by atoms with Gasteiger partial charge in [-0.15, -0.1) is 0 Å². The van der Waals surface area contributed by atoms with Gasteiger partial charge in [-0.05, 0) is 41.1 Å². The molecule has 0 bridgehead atoms. The van der Waals surface area contributed by atoms with E-state index in [9.17, 15) is 0 Å². The number of rotatable bonds is 6. The maximum atomic E-state index is 5.38. The number of nitrogens with zero attached hydrogens (tertiary/aromatic N) is 2. The number of hydrogen-bond acceptors (Lipinski definition) is 5. The van der Waals surface area contributed by atoms with Crippen molar-refractivity contribution in [1.29, 1.82) is 0 Å². The van der Waals surface area contributed by atoms with E-state index in [1.54, 1.807) is 7.11 Å². The highest BCUT2D eigenvalue weighted by Crippen LogP contribution is 2.25. The van der Waals surface area contributed by atoms with Gasteiger partial charge in [0.2, 0.25) is 0 Å². The van der Waals surface area contributed by atoms with Crippen LogP contribution in [0.1, 0.15) is 11.4 Å². The molecule has 25 heavy (non-hydrogen) atoms. The number of nitrogens with one attached hydrogen (secondary N) is 2. The smallest absolute Gasteiger partial charge is 0.136 e. The normalized spacial score (nSPS) is 10.4. The molecule has 0 aliphatic rings. The summed E-state index contributed by atoms with van der Waals surface area (Å²) in [7, 11) is 1.67. The zero-order valence-corrected chi connectivity index (χ0v) is 15.7. The van der Waals surface area contributed by atoms with E-state index in [1.165, 1.54) is 0 Å². The number of benzene rings is 2. The van der Waals surface area contributed by atoms with Crippen LogP contribution in [-0.2, 0) is 6.54 Å². The van der Waals surface area contributed by atoms with Gasteiger partial charge in [0.1, 0.15) is 23.2 Å². The molecule has 0 aliphatic heterocycles. The van der Waals surface area contributed by atoms with E-state index in [0.717, 1.165) is 33.1 Å². The first-order valence-electron chi connectivity index (χ1n) is 7.88. The third-order valence-corrected chi connectivity index (χ3v) is 4.32. The van der Waals surface area contributed by atoms with Crippen molar-refractivity contribution in [2.24, 2.45) is 0 Å². The summed E-state index contributed by atoms with van der Waals surface area (Å²) >= 11 is 3.53. The zero-order chi connectivity index (χ0) is 17.6. The average molecular weight is 399 g/mol. The van der Waals surface area contributed by atoms with Crippen LogP contribution in [0.5, 0.6) is 5.75 Å². The highest BCUT2D eigenvalue weighted by molar-refractivity contribution is 9.10. The van der Waals surface area contributed by atoms with Crippen LogP contribution < -0.4 is 15.4 Å². The Labute approximate surface area is 155 Å². The van der Waals surface area contributed by atoms with Crippen molar-refractivity contribution in [3.05, 3.63) is 70.5 Å². The van der Waals surface area contributed by atoms with Gasteiger partial charge in [0.25, 0.3) is 0 Å². The molecule has 2 aromatic carbocycles. The Morgan fingerprint density at radius 2 is 1.72 bits per heavy atom. The first-order valence-corrected chi connectivity index (χ1v) is 8.68. The van der Waals surface area contributed by atoms with Gasteiger partial charge in [0.15, 0.2) is 0 Å². The summed E-state index contributed by atoms with van der Waals surface area (Å²) in [6.07, 6.45) is 0. The van der Waals surface area contributed by atoms with Crippen LogP contribution in [0.3, 0.4) is 0 Å². The molecular formula is C19H19BrN4O. The fraction of sp³-hybridized carbons (Fsp3) is 0.158. The summed E-state index contributed by atoms with van der Waals surface area (Å²) in [6.45, 7) is 2.49. The van der Waals surface area contributed by atoms with Crippen LogP contribution in [0, 0.1) is 6.92 Å². The lowest BCUT2D eigenvalue weighted by Gasteiger charge is -2.12. The lowest BCUT2D eigenvalue weighted by Crippen LogP contribution is -2.06. The first kappa shape index (κ1) is 17.2. The van der Waals surface area contributed by atoms with Crippen molar-refractivity contribution in [3.8, 4) is 5.75 Å². The molecule has 0 saturated heterocycles. The van der Waals surface area contributed by atoms with Gasteiger partial charge in [0, 0.05) is 22.6 Å². The molecule has 0 amide bonds. The van der Waals surface area contributed by atoms with Crippen molar-refractivity contribution in [2.75, 3.05) is 17.7 Å². The van der Waals surface area contributed by atoms with E-state index in [-0.39, 0.29) is 0 Å². The molecule has 1 aromatic heterocycles. The molecule has 0 saturated carbocycles. The molecule has 0 spiro atoms. The molecule has 3 rings (SSSR count). The SMILES string of the molecule is COc1ccccc1CNc1cc(Nc2ccccc2Br)nc(C)n1. The van der Waals surface area contributed by atoms with Crippen LogP contribution in [0.25, 0.3) is 0 Å². The summed E-state index contributed by atoms with van der Waals surface area (Å²) in [6, 6.07) is 17.7. The molecular weight excluding hydrogens is 380 g/mol. The molecule has 5 nitrogen and oxygen atoms in total. The molecule has 0 fully saturated rings. The minimum absolute atomic E-state index is 0.620. The average Bonchev–Trinajstić information content (AvgIpc) is 2.62. The van der Waals surface area contributed by atoms with Crippen molar-refractivity contribution >= 4 is 33.3 Å². The van der Waals surface area contributed by atoms with Gasteiger partial charge in [-0.1, -0.05) is 30.3 Å². The Morgan fingerprint density at radius 1 is 1.00 bits per heavy atom. The van der Waals surface area contributed by atoms with E-state index >= 15 is 0 Å². The molecule has 6 heteroatoms. The molecule has 2 N–H and O–H groups in total. The maximum absolute atomic E-state index is 5.38. The van der Waals surface area contributed by atoms with Crippen LogP contribution in [-0.4, -0.2) is 17.1 Å². The number of anilines is 3. The van der Waals surface area contributed by atoms with E-state index < -0.39 is 0 Å². The van der Waals surface area contributed by atoms with Crippen molar-refractivity contribution in [1.82, 2.24) is 9.97 Å². The predicted octanol–water partition coefficient (Wildman–Crippen LogP) is 4.91. The second-order valence-electron chi connectivity index (χ2n) is 5.46. The van der Waals surface area contributed by atoms with Gasteiger partial charge in [0.05, 0.1) is 12.8 Å². The standard InChI is InChI=1S/C19H19BrN4O/c1-13-22-18(21-12-14-7-3-6-10-17(14)25-2)11-19(23-13)24-16-9-5-4-8-15(16)20/h3-11H,12H2,1-2H3,(H2,21,22,23,24). The number of aromatic nitrogens is 2. The highest BCUT2D eigenvalue weighted by atomic mass is 79.9. The lowest BCUT2D eigenvalue weighted by molar-refractivity contribution is 0.410. The Bertz CT molecular complexity index is 870. The summed E-state index contributed by atoms with van der Waals surface area (Å²) < 4.78 is 6.36. The second-order valence-corrected chi connectivity index (χ2v) is 6.31. The molecule has 3 aromatic rings. The number of ether oxygens (including phenoxy) is 1. The van der Waals surface area contributed by atoms with E-state index in [0.29, 0.717) is 12.4 Å². The van der Waals surface area contributed by atoms with E-state index in [1.807, 2.05) is 61.5 Å². The topological polar surface area (TPSA) is 59.1 Å². The summed E-state index contributed by atoms with van der Waals surface area (Å²) in [5.74, 6) is 3.04. The maximum Gasteiger partial charge on any atom is 0.136 e. The van der Waals surface area contributed by atoms with Gasteiger partial charge in [-0.3, -0.25) is 0 Å². The minimum atomic E-state index is 0.620. The summed E-state index contributed by atoms with van der Waals surface area (Å²) in [4.78, 5) is 8.90. The Hall–Kier alpha value is -2.60. The quantitative estimate of drug-likeness (QED) is 0.617. The van der Waals surface area contributed by atoms with Crippen LogP contribution >= 0.6 is 15.9 Å². The highest BCUT2D eigenvalue weighted by Gasteiger charge is 2.06. The van der Waals surface area contributed by atoms with Gasteiger partial charge < -0.3 is 15.4 Å². The largest absolute Gasteiger partial charge is 0.496 e. The molecule has 1 heterocycles. The molecule has 0 atom stereocenters. The number of para-hydroxylation sites is 2. The molecule has 0 unspecified atom stereocenters. The summed E-state index contributed by atoms with van der Waals surface area (Å²) in [5, 5.41) is 6.65. The fourth-order valence-electron chi connectivity index (χ4n) is 2.46. The summed E-state index contributed by atoms with van der Waals surface area (Å²) in [5.41, 5.74) is 2.03. The Kier molecular flexibility index (Phi) is 5.50. The van der Waals surface area contributed by atoms with Gasteiger partial charge in [-0.2, -0.15) is 0 Å². The predicted molar refractivity (Wildman–Crippen MR) is 105 cm³/mol. The molecule has 0 radical (unpaired) electrons. The van der Waals surface area contributed by atoms with Crippen molar-refractivity contribution in [3.63, 3.8) is 0 Å². The van der Waals surface area contributed by atoms with E-state index in [4.69, 9.17) is 4.74 Å². The van der Waals surface area contributed by atoms with Gasteiger partial charge >= 0.3 is 0 Å². The second kappa shape index (κ2) is 7.98. The number of halogens is 1. The first-order chi connectivity index (χ1) is 12.2. The Morgan fingerprint density at radius 3 is 2.52 bits per heavy atom. The van der Waals surface area contributed by atoms with Crippen molar-refractivity contribution < 1.29 is 4.74 Å². The Balaban J connectivity index is 1.76. The van der Waals surface area contributed by atoms with Crippen LogP contribution in [0.2, 0.25) is 0 Å². The molecule has 0 aliphatic carbocycles. The van der Waals surface area contributed by atoms with Crippen LogP contribution in [0.4, 0.5) is 17.3 Å². The third-order valence-electron chi connectivity index (χ3n) is 3.63. The minimum Gasteiger partial charge on any atom is -0.496 e. The zero-order valence-electron chi connectivity index (χ0n) is 14.1. The monoisotopic (exact) mass is 398 g/mol. The fourth-order valence-corrected chi connectivity index (χ4v) is 2.84. The lowest BCUT2D eigenvalue weighted by atomic mass is 10.2.